The summed E-state index contributed by atoms with van der Waals surface area (Å²) in [5.74, 6) is -0.284. The number of nitrogens with zero attached hydrogens (tertiary/aromatic N) is 1. The zero-order chi connectivity index (χ0) is 18.1. The Balaban J connectivity index is 1.93. The molecule has 1 heterocycles. The third-order valence-electron chi connectivity index (χ3n) is 4.59. The zero-order valence-electron chi connectivity index (χ0n) is 14.7. The van der Waals surface area contributed by atoms with E-state index in [1.54, 1.807) is 0 Å². The molecule has 1 aliphatic heterocycles. The molecule has 6 nitrogen and oxygen atoms in total. The molecule has 7 heteroatoms. The van der Waals surface area contributed by atoms with Crippen LogP contribution in [-0.2, 0) is 14.8 Å². The smallest absolute Gasteiger partial charge is 0.220 e. The molecule has 0 aromatic heterocycles. The van der Waals surface area contributed by atoms with Crippen LogP contribution in [0, 0.1) is 0 Å². The molecule has 0 radical (unpaired) electrons. The Morgan fingerprint density at radius 1 is 1.12 bits per heavy atom. The maximum Gasteiger partial charge on any atom is 0.220 e. The number of likely N-dealkylation sites (tertiary alicyclic amines) is 1. The Morgan fingerprint density at radius 2 is 1.76 bits per heavy atom. The first-order valence-electron chi connectivity index (χ1n) is 9.02. The average Bonchev–Trinajstić information content (AvgIpc) is 2.84. The van der Waals surface area contributed by atoms with E-state index in [1.807, 2.05) is 18.2 Å². The first kappa shape index (κ1) is 19.9. The van der Waals surface area contributed by atoms with E-state index in [9.17, 15) is 13.2 Å². The van der Waals surface area contributed by atoms with Gasteiger partial charge in [0.2, 0.25) is 15.9 Å². The van der Waals surface area contributed by atoms with Gasteiger partial charge in [0, 0.05) is 13.0 Å². The van der Waals surface area contributed by atoms with E-state index in [4.69, 9.17) is 5.14 Å². The van der Waals surface area contributed by atoms with Gasteiger partial charge in [0.15, 0.2) is 0 Å². The Labute approximate surface area is 150 Å². The van der Waals surface area contributed by atoms with E-state index < -0.39 is 10.0 Å². The summed E-state index contributed by atoms with van der Waals surface area (Å²) in [6.07, 6.45) is 5.33. The van der Waals surface area contributed by atoms with Crippen LogP contribution in [0.2, 0.25) is 0 Å². The van der Waals surface area contributed by atoms with Crippen molar-refractivity contribution < 1.29 is 13.2 Å². The molecule has 140 valence electrons. The molecule has 25 heavy (non-hydrogen) atoms. The molecule has 1 amide bonds. The Hall–Kier alpha value is -1.44. The van der Waals surface area contributed by atoms with Gasteiger partial charge < -0.3 is 5.32 Å². The lowest BCUT2D eigenvalue weighted by Crippen LogP contribution is -2.38. The first-order chi connectivity index (χ1) is 12.0. The number of benzene rings is 1. The van der Waals surface area contributed by atoms with Gasteiger partial charge in [-0.1, -0.05) is 43.2 Å². The molecule has 1 fully saturated rings. The summed E-state index contributed by atoms with van der Waals surface area (Å²) in [5, 5.41) is 7.93. The van der Waals surface area contributed by atoms with Crippen LogP contribution in [0.4, 0.5) is 0 Å². The molecule has 0 saturated carbocycles. The van der Waals surface area contributed by atoms with E-state index in [0.29, 0.717) is 6.54 Å². The molecule has 0 spiro atoms. The second-order valence-electron chi connectivity index (χ2n) is 6.65. The van der Waals surface area contributed by atoms with Crippen molar-refractivity contribution in [3.05, 3.63) is 35.9 Å². The largest absolute Gasteiger partial charge is 0.354 e. The normalized spacial score (nSPS) is 17.6. The number of amides is 1. The van der Waals surface area contributed by atoms with Gasteiger partial charge in [-0.25, -0.2) is 13.6 Å². The highest BCUT2D eigenvalue weighted by Crippen LogP contribution is 2.23. The zero-order valence-corrected chi connectivity index (χ0v) is 15.5. The molecule has 3 N–H and O–H groups in total. The number of primary sulfonamides is 1. The summed E-state index contributed by atoms with van der Waals surface area (Å²) in [7, 11) is -3.50. The molecule has 1 aliphatic rings. The lowest BCUT2D eigenvalue weighted by atomic mass is 10.0. The minimum Gasteiger partial charge on any atom is -0.354 e. The van der Waals surface area contributed by atoms with Crippen molar-refractivity contribution in [3.63, 3.8) is 0 Å². The highest BCUT2D eigenvalue weighted by molar-refractivity contribution is 7.89. The van der Waals surface area contributed by atoms with Crippen molar-refractivity contribution in [1.29, 1.82) is 0 Å². The molecule has 1 saturated heterocycles. The quantitative estimate of drug-likeness (QED) is 0.733. The SMILES string of the molecule is NS(=O)(=O)CCCC(=O)NCC(c1ccccc1)N1CCCCCC1. The Kier molecular flexibility index (Phi) is 7.87. The fourth-order valence-electron chi connectivity index (χ4n) is 3.27. The standard InChI is InChI=1S/C18H29N3O3S/c19-25(23,24)14-8-11-18(22)20-15-17(16-9-4-3-5-10-16)21-12-6-1-2-7-13-21/h3-5,9-10,17H,1-2,6-8,11-15H2,(H,20,22)(H2,19,23,24). The predicted molar refractivity (Wildman–Crippen MR) is 99.4 cm³/mol. The lowest BCUT2D eigenvalue weighted by molar-refractivity contribution is -0.121. The predicted octanol–water partition coefficient (Wildman–Crippen LogP) is 1.79. The number of nitrogens with two attached hydrogens (primary N) is 1. The number of hydrogen-bond acceptors (Lipinski definition) is 4. The number of rotatable bonds is 8. The molecule has 1 atom stereocenters. The van der Waals surface area contributed by atoms with Gasteiger partial charge in [-0.15, -0.1) is 0 Å². The Morgan fingerprint density at radius 3 is 2.36 bits per heavy atom. The molecule has 1 unspecified atom stereocenters. The maximum absolute atomic E-state index is 12.1. The van der Waals surface area contributed by atoms with E-state index in [2.05, 4.69) is 22.3 Å². The van der Waals surface area contributed by atoms with Gasteiger partial charge in [-0.3, -0.25) is 9.69 Å². The summed E-state index contributed by atoms with van der Waals surface area (Å²) in [6, 6.07) is 10.4. The van der Waals surface area contributed by atoms with Gasteiger partial charge >= 0.3 is 0 Å². The van der Waals surface area contributed by atoms with Crippen LogP contribution < -0.4 is 10.5 Å². The van der Waals surface area contributed by atoms with Gasteiger partial charge in [-0.05, 0) is 37.9 Å². The summed E-state index contributed by atoms with van der Waals surface area (Å²) in [4.78, 5) is 14.5. The average molecular weight is 368 g/mol. The number of carbonyl (C=O) groups excluding carboxylic acids is 1. The summed E-state index contributed by atoms with van der Waals surface area (Å²) >= 11 is 0. The van der Waals surface area contributed by atoms with Crippen LogP contribution in [0.3, 0.4) is 0 Å². The van der Waals surface area contributed by atoms with Crippen molar-refractivity contribution in [2.75, 3.05) is 25.4 Å². The van der Waals surface area contributed by atoms with Crippen LogP contribution in [0.1, 0.15) is 50.1 Å². The molecule has 1 aromatic carbocycles. The summed E-state index contributed by atoms with van der Waals surface area (Å²) in [6.45, 7) is 2.62. The second-order valence-corrected chi connectivity index (χ2v) is 8.39. The van der Waals surface area contributed by atoms with E-state index >= 15 is 0 Å². The first-order valence-corrected chi connectivity index (χ1v) is 10.7. The minimum absolute atomic E-state index is 0.126. The summed E-state index contributed by atoms with van der Waals surface area (Å²) < 4.78 is 21.9. The minimum atomic E-state index is -3.50. The van der Waals surface area contributed by atoms with Gasteiger partial charge in [0.25, 0.3) is 0 Å². The second kappa shape index (κ2) is 9.89. The van der Waals surface area contributed by atoms with Gasteiger partial charge in [0.05, 0.1) is 11.8 Å². The topological polar surface area (TPSA) is 92.5 Å². The van der Waals surface area contributed by atoms with Crippen LogP contribution >= 0.6 is 0 Å². The van der Waals surface area contributed by atoms with Gasteiger partial charge in [0.1, 0.15) is 0 Å². The monoisotopic (exact) mass is 367 g/mol. The van der Waals surface area contributed by atoms with Crippen LogP contribution in [0.15, 0.2) is 30.3 Å². The molecule has 2 rings (SSSR count). The number of nitrogens with one attached hydrogen (secondary N) is 1. The van der Waals surface area contributed by atoms with E-state index in [0.717, 1.165) is 13.1 Å². The lowest BCUT2D eigenvalue weighted by Gasteiger charge is -2.31. The van der Waals surface area contributed by atoms with Crippen molar-refractivity contribution in [1.82, 2.24) is 10.2 Å². The molecular weight excluding hydrogens is 338 g/mol. The highest BCUT2D eigenvalue weighted by atomic mass is 32.2. The summed E-state index contributed by atoms with van der Waals surface area (Å²) in [5.41, 5.74) is 1.20. The third-order valence-corrected chi connectivity index (χ3v) is 5.45. The number of sulfonamides is 1. The molecule has 0 aliphatic carbocycles. The number of carbonyl (C=O) groups is 1. The van der Waals surface area contributed by atoms with Crippen molar-refractivity contribution >= 4 is 15.9 Å². The molecular formula is C18H29N3O3S. The molecule has 1 aromatic rings. The fraction of sp³-hybridized carbons (Fsp3) is 0.611. The van der Waals surface area contributed by atoms with E-state index in [1.165, 1.54) is 31.2 Å². The number of hydrogen-bond donors (Lipinski definition) is 2. The van der Waals surface area contributed by atoms with Crippen molar-refractivity contribution in [2.45, 2.75) is 44.6 Å². The fourth-order valence-corrected chi connectivity index (χ4v) is 3.82. The molecule has 0 bridgehead atoms. The van der Waals surface area contributed by atoms with Crippen molar-refractivity contribution in [2.24, 2.45) is 5.14 Å². The third kappa shape index (κ3) is 7.54. The highest BCUT2D eigenvalue weighted by Gasteiger charge is 2.22. The van der Waals surface area contributed by atoms with Crippen LogP contribution in [0.25, 0.3) is 0 Å². The van der Waals surface area contributed by atoms with E-state index in [-0.39, 0.29) is 30.5 Å². The van der Waals surface area contributed by atoms with Gasteiger partial charge in [-0.2, -0.15) is 0 Å². The maximum atomic E-state index is 12.1. The Bertz CT molecular complexity index is 626. The van der Waals surface area contributed by atoms with Crippen molar-refractivity contribution in [3.8, 4) is 0 Å². The van der Waals surface area contributed by atoms with Crippen LogP contribution in [-0.4, -0.2) is 44.6 Å². The van der Waals surface area contributed by atoms with Crippen LogP contribution in [0.5, 0.6) is 0 Å².